The molecule has 0 aliphatic heterocycles. The Morgan fingerprint density at radius 3 is 2.55 bits per heavy atom. The molecule has 11 heavy (non-hydrogen) atoms. The topological polar surface area (TPSA) is 23.5 Å². The molecule has 2 nitrogen and oxygen atoms in total. The van der Waals surface area contributed by atoms with Gasteiger partial charge in [-0.2, -0.15) is 0 Å². The molecular weight excluding hydrogens is 138 g/mol. The van der Waals surface area contributed by atoms with Crippen LogP contribution in [-0.2, 0) is 0 Å². The van der Waals surface area contributed by atoms with E-state index in [0.29, 0.717) is 12.5 Å². The van der Waals surface area contributed by atoms with Crippen molar-refractivity contribution in [2.24, 2.45) is 5.92 Å². The number of aliphatic hydroxyl groups excluding tert-OH is 1. The number of unbranched alkanes of at least 4 members (excludes halogenated alkanes) is 1. The Balaban J connectivity index is 3.27. The summed E-state index contributed by atoms with van der Waals surface area (Å²) in [6.45, 7) is 6.74. The van der Waals surface area contributed by atoms with Crippen LogP contribution in [0.5, 0.6) is 0 Å². The fourth-order valence-corrected chi connectivity index (χ4v) is 1.11. The molecule has 0 saturated carbocycles. The summed E-state index contributed by atoms with van der Waals surface area (Å²) >= 11 is 0. The molecule has 1 atom stereocenters. The highest BCUT2D eigenvalue weighted by molar-refractivity contribution is 4.56. The molecule has 0 fully saturated rings. The van der Waals surface area contributed by atoms with Crippen LogP contribution >= 0.6 is 0 Å². The molecule has 0 aromatic rings. The van der Waals surface area contributed by atoms with Gasteiger partial charge in [-0.1, -0.05) is 20.3 Å². The summed E-state index contributed by atoms with van der Waals surface area (Å²) in [6, 6.07) is 0. The van der Waals surface area contributed by atoms with Gasteiger partial charge in [0.2, 0.25) is 0 Å². The Morgan fingerprint density at radius 1 is 1.45 bits per heavy atom. The van der Waals surface area contributed by atoms with Crippen LogP contribution in [0.25, 0.3) is 0 Å². The van der Waals surface area contributed by atoms with Crippen LogP contribution in [0, 0.1) is 5.92 Å². The van der Waals surface area contributed by atoms with Crippen LogP contribution in [0.4, 0.5) is 0 Å². The molecule has 68 valence electrons. The Bertz CT molecular complexity index is 85.6. The Labute approximate surface area is 70.2 Å². The van der Waals surface area contributed by atoms with Crippen LogP contribution in [0.2, 0.25) is 0 Å². The lowest BCUT2D eigenvalue weighted by molar-refractivity contribution is 0.190. The molecule has 0 unspecified atom stereocenters. The fraction of sp³-hybridized carbons (Fsp3) is 1.00. The van der Waals surface area contributed by atoms with Gasteiger partial charge in [-0.25, -0.2) is 0 Å². The molecular formula is C9H21NO. The Kier molecular flexibility index (Phi) is 6.57. The van der Waals surface area contributed by atoms with Gasteiger partial charge >= 0.3 is 0 Å². The summed E-state index contributed by atoms with van der Waals surface area (Å²) in [5.74, 6) is 0.414. The van der Waals surface area contributed by atoms with E-state index in [1.165, 1.54) is 12.8 Å². The third-order valence-corrected chi connectivity index (χ3v) is 1.83. The van der Waals surface area contributed by atoms with Crippen molar-refractivity contribution < 1.29 is 5.11 Å². The summed E-state index contributed by atoms with van der Waals surface area (Å²) in [4.78, 5) is 2.28. The van der Waals surface area contributed by atoms with Crippen LogP contribution < -0.4 is 0 Å². The second-order valence-corrected chi connectivity index (χ2v) is 3.40. The highest BCUT2D eigenvalue weighted by Crippen LogP contribution is 1.98. The molecule has 2 heteroatoms. The third kappa shape index (κ3) is 6.32. The molecule has 0 aliphatic carbocycles. The van der Waals surface area contributed by atoms with E-state index in [1.54, 1.807) is 0 Å². The average molecular weight is 159 g/mol. The lowest BCUT2D eigenvalue weighted by Gasteiger charge is -2.19. The van der Waals surface area contributed by atoms with E-state index >= 15 is 0 Å². The van der Waals surface area contributed by atoms with Crippen molar-refractivity contribution in [3.8, 4) is 0 Å². The first-order valence-corrected chi connectivity index (χ1v) is 4.50. The summed E-state index contributed by atoms with van der Waals surface area (Å²) < 4.78 is 0. The first kappa shape index (κ1) is 10.9. The smallest absolute Gasteiger partial charge is 0.0468 e. The molecule has 0 aromatic carbocycles. The SMILES string of the molecule is CCCCN(C)C[C@@H](C)CO. The van der Waals surface area contributed by atoms with Crippen LogP contribution in [0.3, 0.4) is 0 Å². The molecule has 1 N–H and O–H groups in total. The van der Waals surface area contributed by atoms with E-state index in [2.05, 4.69) is 25.8 Å². The van der Waals surface area contributed by atoms with Crippen LogP contribution in [0.1, 0.15) is 26.7 Å². The van der Waals surface area contributed by atoms with Crippen molar-refractivity contribution >= 4 is 0 Å². The summed E-state index contributed by atoms with van der Waals surface area (Å²) in [5, 5.41) is 8.78. The molecule has 0 aliphatic rings. The Hall–Kier alpha value is -0.0800. The lowest BCUT2D eigenvalue weighted by atomic mass is 10.2. The van der Waals surface area contributed by atoms with Gasteiger partial charge in [-0.3, -0.25) is 0 Å². The maximum Gasteiger partial charge on any atom is 0.0468 e. The fourth-order valence-electron chi connectivity index (χ4n) is 1.11. The first-order valence-electron chi connectivity index (χ1n) is 4.50. The van der Waals surface area contributed by atoms with Gasteiger partial charge in [0.15, 0.2) is 0 Å². The molecule has 0 saturated heterocycles. The van der Waals surface area contributed by atoms with Gasteiger partial charge in [0.25, 0.3) is 0 Å². The van der Waals surface area contributed by atoms with Gasteiger partial charge in [-0.15, -0.1) is 0 Å². The van der Waals surface area contributed by atoms with Gasteiger partial charge in [0.05, 0.1) is 0 Å². The van der Waals surface area contributed by atoms with Crippen LogP contribution in [0.15, 0.2) is 0 Å². The zero-order valence-electron chi connectivity index (χ0n) is 8.01. The third-order valence-electron chi connectivity index (χ3n) is 1.83. The summed E-state index contributed by atoms with van der Waals surface area (Å²) in [7, 11) is 2.11. The van der Waals surface area contributed by atoms with Gasteiger partial charge in [-0.05, 0) is 25.9 Å². The predicted molar refractivity (Wildman–Crippen MR) is 48.7 cm³/mol. The van der Waals surface area contributed by atoms with E-state index in [-0.39, 0.29) is 0 Å². The maximum absolute atomic E-state index is 8.78. The van der Waals surface area contributed by atoms with Gasteiger partial charge in [0, 0.05) is 13.2 Å². The standard InChI is InChI=1S/C9H21NO/c1-4-5-6-10(3)7-9(2)8-11/h9,11H,4-8H2,1-3H3/t9-/m1/s1. The number of hydrogen-bond acceptors (Lipinski definition) is 2. The largest absolute Gasteiger partial charge is 0.396 e. The first-order chi connectivity index (χ1) is 5.20. The highest BCUT2D eigenvalue weighted by Gasteiger charge is 2.03. The highest BCUT2D eigenvalue weighted by atomic mass is 16.3. The number of rotatable bonds is 6. The van der Waals surface area contributed by atoms with Crippen molar-refractivity contribution in [1.29, 1.82) is 0 Å². The molecule has 0 heterocycles. The molecule has 0 radical (unpaired) electrons. The molecule has 0 amide bonds. The van der Waals surface area contributed by atoms with Crippen molar-refractivity contribution in [3.63, 3.8) is 0 Å². The zero-order chi connectivity index (χ0) is 8.69. The van der Waals surface area contributed by atoms with Crippen molar-refractivity contribution in [2.45, 2.75) is 26.7 Å². The maximum atomic E-state index is 8.78. The predicted octanol–water partition coefficient (Wildman–Crippen LogP) is 1.35. The molecule has 0 rings (SSSR count). The van der Waals surface area contributed by atoms with E-state index in [1.807, 2.05) is 0 Å². The van der Waals surface area contributed by atoms with Crippen LogP contribution in [-0.4, -0.2) is 36.8 Å². The minimum atomic E-state index is 0.302. The minimum Gasteiger partial charge on any atom is -0.396 e. The monoisotopic (exact) mass is 159 g/mol. The molecule has 0 aromatic heterocycles. The van der Waals surface area contributed by atoms with Crippen molar-refractivity contribution in [3.05, 3.63) is 0 Å². The van der Waals surface area contributed by atoms with Crippen molar-refractivity contribution in [1.82, 2.24) is 4.90 Å². The van der Waals surface area contributed by atoms with E-state index in [0.717, 1.165) is 13.1 Å². The second kappa shape index (κ2) is 6.62. The molecule has 0 bridgehead atoms. The number of nitrogens with zero attached hydrogens (tertiary/aromatic N) is 1. The summed E-state index contributed by atoms with van der Waals surface area (Å²) in [5.41, 5.74) is 0. The quantitative estimate of drug-likeness (QED) is 0.632. The summed E-state index contributed by atoms with van der Waals surface area (Å²) in [6.07, 6.45) is 2.51. The van der Waals surface area contributed by atoms with Gasteiger partial charge in [0.1, 0.15) is 0 Å². The molecule has 0 spiro atoms. The Morgan fingerprint density at radius 2 is 2.09 bits per heavy atom. The number of hydrogen-bond donors (Lipinski definition) is 1. The van der Waals surface area contributed by atoms with E-state index < -0.39 is 0 Å². The lowest BCUT2D eigenvalue weighted by Crippen LogP contribution is -2.26. The second-order valence-electron chi connectivity index (χ2n) is 3.40. The number of aliphatic hydroxyl groups is 1. The normalized spacial score (nSPS) is 13.9. The van der Waals surface area contributed by atoms with E-state index in [9.17, 15) is 0 Å². The van der Waals surface area contributed by atoms with Gasteiger partial charge < -0.3 is 10.0 Å². The van der Waals surface area contributed by atoms with E-state index in [4.69, 9.17) is 5.11 Å². The minimum absolute atomic E-state index is 0.302. The zero-order valence-corrected chi connectivity index (χ0v) is 8.01. The average Bonchev–Trinajstić information content (AvgIpc) is 2.00. The van der Waals surface area contributed by atoms with Crippen molar-refractivity contribution in [2.75, 3.05) is 26.7 Å².